The lowest BCUT2D eigenvalue weighted by Gasteiger charge is -2.29. The zero-order chi connectivity index (χ0) is 47.7. The van der Waals surface area contributed by atoms with Gasteiger partial charge in [0.2, 0.25) is 17.7 Å². The van der Waals surface area contributed by atoms with E-state index in [2.05, 4.69) is 43.7 Å². The van der Waals surface area contributed by atoms with Crippen molar-refractivity contribution in [2.45, 2.75) is 45.3 Å². The monoisotopic (exact) mass is 925 g/mol. The number of rotatable bonds is 23. The Morgan fingerprint density at radius 3 is 2.21 bits per heavy atom. The third-order valence-corrected chi connectivity index (χ3v) is 11.2. The van der Waals surface area contributed by atoms with Crippen molar-refractivity contribution < 1.29 is 47.7 Å². The van der Waals surface area contributed by atoms with Gasteiger partial charge in [-0.05, 0) is 60.9 Å². The second kappa shape index (κ2) is 24.5. The van der Waals surface area contributed by atoms with Crippen molar-refractivity contribution in [2.24, 2.45) is 0 Å². The standard InChI is InChI=1S/C51H55N7O10/c1-2-53-44(59)19-14-34-13-17-39-42(31-34)56-50(63)47(39)48(36-7-4-3-5-8-36)54-37-15-11-35(12-16-37)32-52-22-24-66-26-28-68-30-29-67-27-25-65-23-21-46(61)55-41-10-6-9-38-40(41)33-58(51(38)64)43-18-20-45(60)57-49(43)62/h3-13,15-17,31,43,52,54H,2,18,20-30,32-33H2,1H3,(H,53,59)(H,55,61)(H,56,63)(H,57,60,62)/b48-47-. The molecule has 0 aliphatic carbocycles. The maximum atomic E-state index is 13.4. The largest absolute Gasteiger partial charge is 0.379 e. The highest BCUT2D eigenvalue weighted by molar-refractivity contribution is 6.37. The normalized spacial score (nSPS) is 15.7. The summed E-state index contributed by atoms with van der Waals surface area (Å²) in [6.07, 6.45) is 0.539. The van der Waals surface area contributed by atoms with E-state index in [1.165, 1.54) is 4.90 Å². The molecule has 0 radical (unpaired) electrons. The first-order chi connectivity index (χ1) is 33.2. The van der Waals surface area contributed by atoms with Crippen LogP contribution in [0.4, 0.5) is 17.1 Å². The van der Waals surface area contributed by atoms with Gasteiger partial charge in [0.05, 0.1) is 76.2 Å². The summed E-state index contributed by atoms with van der Waals surface area (Å²) < 4.78 is 22.4. The molecule has 17 nitrogen and oxygen atoms in total. The number of nitrogens with zero attached hydrogens (tertiary/aromatic N) is 1. The van der Waals surface area contributed by atoms with Gasteiger partial charge in [0.25, 0.3) is 17.7 Å². The van der Waals surface area contributed by atoms with Crippen LogP contribution in [0, 0.1) is 11.8 Å². The van der Waals surface area contributed by atoms with Gasteiger partial charge in [0.15, 0.2) is 0 Å². The Hall–Kier alpha value is -7.20. The van der Waals surface area contributed by atoms with E-state index in [9.17, 15) is 28.8 Å². The Kier molecular flexibility index (Phi) is 17.6. The summed E-state index contributed by atoms with van der Waals surface area (Å²) >= 11 is 0. The van der Waals surface area contributed by atoms with E-state index in [4.69, 9.17) is 18.9 Å². The summed E-state index contributed by atoms with van der Waals surface area (Å²) in [7, 11) is 0. The SMILES string of the molecule is CCNC(=O)C#Cc1ccc2c(c1)NC(=O)/C2=C(\Nc1ccc(CNCCOCCOCCOCCOCCC(=O)Nc2cccc3c2CN(C2CCC(=O)NC2=O)C3=O)cc1)c1ccccc1. The van der Waals surface area contributed by atoms with Crippen molar-refractivity contribution in [1.29, 1.82) is 0 Å². The minimum absolute atomic E-state index is 0.108. The second-order valence-corrected chi connectivity index (χ2v) is 15.9. The van der Waals surface area contributed by atoms with Gasteiger partial charge in [-0.1, -0.05) is 60.5 Å². The molecule has 0 bridgehead atoms. The van der Waals surface area contributed by atoms with Crippen LogP contribution in [-0.4, -0.2) is 112 Å². The van der Waals surface area contributed by atoms with E-state index in [1.54, 1.807) is 30.3 Å². The van der Waals surface area contributed by atoms with Crippen LogP contribution in [0.1, 0.15) is 64.4 Å². The highest BCUT2D eigenvalue weighted by atomic mass is 16.6. The van der Waals surface area contributed by atoms with Crippen molar-refractivity contribution in [3.05, 3.63) is 124 Å². The number of anilines is 3. The van der Waals surface area contributed by atoms with E-state index in [0.29, 0.717) is 105 Å². The van der Waals surface area contributed by atoms with Crippen molar-refractivity contribution >= 4 is 63.8 Å². The molecule has 1 fully saturated rings. The predicted molar refractivity (Wildman–Crippen MR) is 255 cm³/mol. The summed E-state index contributed by atoms with van der Waals surface area (Å²) in [4.78, 5) is 76.3. The van der Waals surface area contributed by atoms with Crippen LogP contribution in [0.5, 0.6) is 0 Å². The van der Waals surface area contributed by atoms with Crippen LogP contribution in [0.15, 0.2) is 91.0 Å². The summed E-state index contributed by atoms with van der Waals surface area (Å²) in [6, 6.07) is 27.5. The first-order valence-corrected chi connectivity index (χ1v) is 22.7. The van der Waals surface area contributed by atoms with E-state index < -0.39 is 11.9 Å². The molecule has 4 aromatic rings. The Morgan fingerprint density at radius 2 is 1.49 bits per heavy atom. The van der Waals surface area contributed by atoms with E-state index >= 15 is 0 Å². The van der Waals surface area contributed by atoms with Crippen molar-refractivity contribution in [3.8, 4) is 11.8 Å². The van der Waals surface area contributed by atoms with Crippen LogP contribution in [0.25, 0.3) is 11.3 Å². The van der Waals surface area contributed by atoms with Crippen LogP contribution in [0.2, 0.25) is 0 Å². The quantitative estimate of drug-likeness (QED) is 0.0269. The number of fused-ring (bicyclic) bond motifs is 2. The molecule has 3 heterocycles. The molecular formula is C51H55N7O10. The number of carbonyl (C=O) groups is 6. The first-order valence-electron chi connectivity index (χ1n) is 22.7. The predicted octanol–water partition coefficient (Wildman–Crippen LogP) is 4.05. The lowest BCUT2D eigenvalue weighted by atomic mass is 9.99. The molecule has 0 aromatic heterocycles. The summed E-state index contributed by atoms with van der Waals surface area (Å²) in [5.74, 6) is 3.44. The Balaban J connectivity index is 0.726. The highest BCUT2D eigenvalue weighted by Gasteiger charge is 2.40. The molecule has 7 rings (SSSR count). The molecule has 1 unspecified atom stereocenters. The number of benzene rings is 4. The number of carbonyl (C=O) groups excluding carboxylic acids is 6. The average molecular weight is 926 g/mol. The topological polar surface area (TPSA) is 215 Å². The Bertz CT molecular complexity index is 2570. The van der Waals surface area contributed by atoms with Crippen LogP contribution < -0.4 is 31.9 Å². The van der Waals surface area contributed by atoms with Crippen molar-refractivity contribution in [2.75, 3.05) is 81.9 Å². The minimum atomic E-state index is -0.730. The fourth-order valence-corrected chi connectivity index (χ4v) is 7.79. The number of imide groups is 1. The zero-order valence-corrected chi connectivity index (χ0v) is 37.9. The smallest absolute Gasteiger partial charge is 0.296 e. The molecule has 3 aliphatic heterocycles. The molecule has 17 heteroatoms. The minimum Gasteiger partial charge on any atom is -0.379 e. The van der Waals surface area contributed by atoms with E-state index in [-0.39, 0.29) is 62.0 Å². The number of hydrogen-bond donors (Lipinski definition) is 6. The van der Waals surface area contributed by atoms with Crippen LogP contribution in [-0.2, 0) is 56.0 Å². The van der Waals surface area contributed by atoms with Gasteiger partial charge < -0.3 is 50.4 Å². The zero-order valence-electron chi connectivity index (χ0n) is 37.9. The lowest BCUT2D eigenvalue weighted by Crippen LogP contribution is -2.52. The number of piperidine rings is 1. The number of amides is 6. The van der Waals surface area contributed by atoms with Gasteiger partial charge in [0, 0.05) is 72.1 Å². The molecule has 1 atom stereocenters. The van der Waals surface area contributed by atoms with E-state index in [1.807, 2.05) is 67.6 Å². The lowest BCUT2D eigenvalue weighted by molar-refractivity contribution is -0.137. The van der Waals surface area contributed by atoms with Crippen molar-refractivity contribution in [3.63, 3.8) is 0 Å². The average Bonchev–Trinajstić information content (AvgIpc) is 3.85. The molecule has 0 spiro atoms. The van der Waals surface area contributed by atoms with Gasteiger partial charge in [-0.15, -0.1) is 0 Å². The van der Waals surface area contributed by atoms with Crippen LogP contribution in [0.3, 0.4) is 0 Å². The number of nitrogens with one attached hydrogen (secondary N) is 6. The van der Waals surface area contributed by atoms with Crippen LogP contribution >= 0.6 is 0 Å². The van der Waals surface area contributed by atoms with Gasteiger partial charge in [-0.3, -0.25) is 34.1 Å². The summed E-state index contributed by atoms with van der Waals surface area (Å²) in [5, 5.41) is 17.6. The maximum Gasteiger partial charge on any atom is 0.296 e. The molecule has 1 saturated heterocycles. The molecule has 0 saturated carbocycles. The molecule has 4 aromatic carbocycles. The maximum absolute atomic E-state index is 13.4. The molecule has 68 heavy (non-hydrogen) atoms. The molecule has 3 aliphatic rings. The first kappa shape index (κ1) is 48.7. The fraction of sp³-hybridized carbons (Fsp3) is 0.333. The molecular weight excluding hydrogens is 871 g/mol. The molecule has 354 valence electrons. The number of hydrogen-bond acceptors (Lipinski definition) is 12. The summed E-state index contributed by atoms with van der Waals surface area (Å²) in [5.41, 5.74) is 7.51. The molecule has 6 amide bonds. The van der Waals surface area contributed by atoms with Crippen molar-refractivity contribution in [1.82, 2.24) is 20.9 Å². The third-order valence-electron chi connectivity index (χ3n) is 11.2. The second-order valence-electron chi connectivity index (χ2n) is 15.9. The fourth-order valence-electron chi connectivity index (χ4n) is 7.79. The van der Waals surface area contributed by atoms with Gasteiger partial charge in [-0.2, -0.15) is 0 Å². The molecule has 6 N–H and O–H groups in total. The third kappa shape index (κ3) is 13.2. The van der Waals surface area contributed by atoms with E-state index in [0.717, 1.165) is 22.4 Å². The number of ether oxygens (including phenoxy) is 4. The highest BCUT2D eigenvalue weighted by Crippen LogP contribution is 2.38. The summed E-state index contributed by atoms with van der Waals surface area (Å²) in [6.45, 7) is 6.83. The van der Waals surface area contributed by atoms with Gasteiger partial charge in [0.1, 0.15) is 6.04 Å². The Labute approximate surface area is 394 Å². The Morgan fingerprint density at radius 1 is 0.765 bits per heavy atom. The van der Waals surface area contributed by atoms with Gasteiger partial charge in [-0.25, -0.2) is 0 Å². The van der Waals surface area contributed by atoms with Gasteiger partial charge >= 0.3 is 0 Å².